The van der Waals surface area contributed by atoms with Crippen molar-refractivity contribution in [2.24, 2.45) is 0 Å². The van der Waals surface area contributed by atoms with Crippen molar-refractivity contribution < 1.29 is 14.6 Å². The normalized spacial score (nSPS) is 12.2. The molecular formula is C10H12O3. The molecule has 0 spiro atoms. The molecule has 1 unspecified atom stereocenters. The second-order valence-corrected chi connectivity index (χ2v) is 2.57. The Bertz CT molecular complexity index is 269. The Kier molecular flexibility index (Phi) is 3.46. The van der Waals surface area contributed by atoms with Crippen LogP contribution in [-0.2, 0) is 9.53 Å². The molecule has 0 saturated carbocycles. The highest BCUT2D eigenvalue weighted by Crippen LogP contribution is 2.13. The molecule has 0 radical (unpaired) electrons. The van der Waals surface area contributed by atoms with Crippen molar-refractivity contribution in [3.05, 3.63) is 35.9 Å². The summed E-state index contributed by atoms with van der Waals surface area (Å²) in [6.45, 7) is 1.98. The predicted molar refractivity (Wildman–Crippen MR) is 48.0 cm³/mol. The number of carbonyl (C=O) groups excluding carboxylic acids is 1. The fourth-order valence-electron chi connectivity index (χ4n) is 0.993. The highest BCUT2D eigenvalue weighted by atomic mass is 16.5. The summed E-state index contributed by atoms with van der Waals surface area (Å²) in [5.41, 5.74) is 0.556. The zero-order chi connectivity index (χ0) is 9.68. The molecule has 1 aromatic rings. The van der Waals surface area contributed by atoms with Crippen LogP contribution in [0.4, 0.5) is 0 Å². The number of carbonyl (C=O) groups is 1. The van der Waals surface area contributed by atoms with E-state index in [0.29, 0.717) is 5.56 Å². The SMILES string of the molecule is CCO[11C](=O)C(O)c1ccccc1. The minimum absolute atomic E-state index is 0.280. The fourth-order valence-corrected chi connectivity index (χ4v) is 0.993. The van der Waals surface area contributed by atoms with Crippen molar-refractivity contribution in [2.75, 3.05) is 6.61 Å². The van der Waals surface area contributed by atoms with Crippen LogP contribution in [0.15, 0.2) is 30.3 Å². The van der Waals surface area contributed by atoms with Gasteiger partial charge in [-0.1, -0.05) is 30.3 Å². The number of aliphatic hydroxyl groups excluding tert-OH is 1. The average Bonchev–Trinajstić information content (AvgIpc) is 2.18. The molecule has 1 N–H and O–H groups in total. The molecular weight excluding hydrogens is 167 g/mol. The molecule has 0 aliphatic carbocycles. The highest BCUT2D eigenvalue weighted by Gasteiger charge is 2.17. The molecule has 0 aliphatic rings. The van der Waals surface area contributed by atoms with Gasteiger partial charge in [-0.15, -0.1) is 0 Å². The maximum absolute atomic E-state index is 11.1. The van der Waals surface area contributed by atoms with Crippen LogP contribution in [0.3, 0.4) is 0 Å². The lowest BCUT2D eigenvalue weighted by molar-refractivity contribution is -0.153. The van der Waals surface area contributed by atoms with Gasteiger partial charge in [-0.3, -0.25) is 0 Å². The van der Waals surface area contributed by atoms with Crippen LogP contribution in [0.2, 0.25) is 0 Å². The van der Waals surface area contributed by atoms with E-state index in [4.69, 9.17) is 0 Å². The Morgan fingerprint density at radius 1 is 1.46 bits per heavy atom. The van der Waals surface area contributed by atoms with Gasteiger partial charge in [-0.05, 0) is 12.5 Å². The van der Waals surface area contributed by atoms with E-state index in [2.05, 4.69) is 4.74 Å². The first-order valence-corrected chi connectivity index (χ1v) is 4.15. The lowest BCUT2D eigenvalue weighted by Gasteiger charge is -2.08. The third-order valence-electron chi connectivity index (χ3n) is 1.63. The van der Waals surface area contributed by atoms with E-state index in [1.165, 1.54) is 0 Å². The van der Waals surface area contributed by atoms with Gasteiger partial charge in [0.05, 0.1) is 6.61 Å². The zero-order valence-corrected chi connectivity index (χ0v) is 7.43. The fraction of sp³-hybridized carbons (Fsp3) is 0.300. The molecule has 0 saturated heterocycles. The molecule has 70 valence electrons. The predicted octanol–water partition coefficient (Wildman–Crippen LogP) is 1.28. The van der Waals surface area contributed by atoms with Crippen LogP contribution in [-0.4, -0.2) is 17.7 Å². The molecule has 3 nitrogen and oxygen atoms in total. The van der Waals surface area contributed by atoms with E-state index in [1.54, 1.807) is 31.2 Å². The summed E-state index contributed by atoms with van der Waals surface area (Å²) < 4.78 is 4.67. The van der Waals surface area contributed by atoms with Gasteiger partial charge in [0.1, 0.15) is 0 Å². The Hall–Kier alpha value is -1.35. The monoisotopic (exact) mass is 179 g/mol. The molecule has 0 heterocycles. The highest BCUT2D eigenvalue weighted by molar-refractivity contribution is 5.76. The average molecular weight is 179 g/mol. The zero-order valence-electron chi connectivity index (χ0n) is 7.43. The Morgan fingerprint density at radius 2 is 2.08 bits per heavy atom. The summed E-state index contributed by atoms with van der Waals surface area (Å²) in [7, 11) is 0. The maximum atomic E-state index is 11.1. The largest absolute Gasteiger partial charge is 0.464 e. The molecule has 0 bridgehead atoms. The summed E-state index contributed by atoms with van der Waals surface area (Å²) in [6.07, 6.45) is -1.17. The second kappa shape index (κ2) is 4.62. The van der Waals surface area contributed by atoms with Gasteiger partial charge in [0.15, 0.2) is 6.10 Å². The molecule has 1 atom stereocenters. The Balaban J connectivity index is 2.68. The molecule has 0 aromatic heterocycles. The van der Waals surface area contributed by atoms with Gasteiger partial charge in [0, 0.05) is 0 Å². The standard InChI is InChI=1S/C10H12O3/c1-2-13-10(12)9(11)8-6-4-3-5-7-8/h3-7,9,11H,2H2,1H3/i10-1. The van der Waals surface area contributed by atoms with E-state index < -0.39 is 12.1 Å². The van der Waals surface area contributed by atoms with Gasteiger partial charge in [0.25, 0.3) is 0 Å². The van der Waals surface area contributed by atoms with Gasteiger partial charge in [-0.25, -0.2) is 4.79 Å². The first kappa shape index (κ1) is 9.74. The van der Waals surface area contributed by atoms with Crippen molar-refractivity contribution in [1.82, 2.24) is 0 Å². The van der Waals surface area contributed by atoms with Crippen molar-refractivity contribution in [3.63, 3.8) is 0 Å². The first-order chi connectivity index (χ1) is 6.25. The first-order valence-electron chi connectivity index (χ1n) is 4.15. The number of hydrogen-bond donors (Lipinski definition) is 1. The van der Waals surface area contributed by atoms with E-state index in [-0.39, 0.29) is 6.61 Å². The van der Waals surface area contributed by atoms with Crippen molar-refractivity contribution >= 4 is 5.97 Å². The molecule has 0 fully saturated rings. The van der Waals surface area contributed by atoms with E-state index in [1.807, 2.05) is 6.07 Å². The van der Waals surface area contributed by atoms with Gasteiger partial charge >= 0.3 is 5.97 Å². The lowest BCUT2D eigenvalue weighted by atomic mass is 9.90. The Morgan fingerprint density at radius 3 is 2.62 bits per heavy atom. The topological polar surface area (TPSA) is 46.5 Å². The van der Waals surface area contributed by atoms with Gasteiger partial charge < -0.3 is 9.84 Å². The van der Waals surface area contributed by atoms with Crippen LogP contribution in [0, 0.1) is 0 Å². The summed E-state index contributed by atoms with van der Waals surface area (Å²) in [5.74, 6) is -0.603. The van der Waals surface area contributed by atoms with Crippen molar-refractivity contribution in [1.29, 1.82) is 0 Å². The molecule has 1 rings (SSSR count). The smallest absolute Gasteiger partial charge is 0.339 e. The quantitative estimate of drug-likeness (QED) is 0.711. The van der Waals surface area contributed by atoms with Crippen molar-refractivity contribution in [2.45, 2.75) is 13.0 Å². The van der Waals surface area contributed by atoms with E-state index in [9.17, 15) is 9.90 Å². The van der Waals surface area contributed by atoms with Gasteiger partial charge in [-0.2, -0.15) is 0 Å². The molecule has 1 aromatic carbocycles. The number of hydrogen-bond acceptors (Lipinski definition) is 3. The minimum Gasteiger partial charge on any atom is -0.464 e. The number of esters is 1. The number of aliphatic hydroxyl groups is 1. The molecule has 13 heavy (non-hydrogen) atoms. The lowest BCUT2D eigenvalue weighted by Crippen LogP contribution is -2.15. The van der Waals surface area contributed by atoms with Crippen LogP contribution in [0.5, 0.6) is 0 Å². The summed E-state index contributed by atoms with van der Waals surface area (Å²) in [4.78, 5) is 11.1. The molecule has 0 aliphatic heterocycles. The van der Waals surface area contributed by atoms with E-state index in [0.717, 1.165) is 0 Å². The summed E-state index contributed by atoms with van der Waals surface area (Å²) >= 11 is 0. The third kappa shape index (κ3) is 2.56. The van der Waals surface area contributed by atoms with E-state index >= 15 is 0 Å². The van der Waals surface area contributed by atoms with Crippen LogP contribution >= 0.6 is 0 Å². The maximum Gasteiger partial charge on any atom is 0.339 e. The summed E-state index contributed by atoms with van der Waals surface area (Å²) in [5, 5.41) is 9.45. The number of benzene rings is 1. The third-order valence-corrected chi connectivity index (χ3v) is 1.63. The molecule has 3 heteroatoms. The minimum atomic E-state index is -1.17. The number of rotatable bonds is 3. The summed E-state index contributed by atoms with van der Waals surface area (Å²) in [6, 6.07) is 8.71. The van der Waals surface area contributed by atoms with Crippen LogP contribution in [0.1, 0.15) is 18.6 Å². The molecule has 0 amide bonds. The number of ether oxygens (including phenoxy) is 1. The Labute approximate surface area is 77.0 Å². The second-order valence-electron chi connectivity index (χ2n) is 2.57. The van der Waals surface area contributed by atoms with Crippen LogP contribution in [0.25, 0.3) is 0 Å². The van der Waals surface area contributed by atoms with Crippen molar-refractivity contribution in [3.8, 4) is 0 Å². The van der Waals surface area contributed by atoms with Gasteiger partial charge in [0.2, 0.25) is 0 Å². The van der Waals surface area contributed by atoms with Crippen LogP contribution < -0.4 is 0 Å².